The first-order valence-electron chi connectivity index (χ1n) is 7.82. The molecule has 1 aliphatic rings. The van der Waals surface area contributed by atoms with E-state index >= 15 is 0 Å². The van der Waals surface area contributed by atoms with E-state index in [4.69, 9.17) is 16.3 Å². The molecule has 0 saturated heterocycles. The van der Waals surface area contributed by atoms with Crippen molar-refractivity contribution in [3.8, 4) is 22.6 Å². The standard InChI is InChI=1S/C18H17ClN4O/c1-10-14(8-20-9-16(10)24-3)13-6-12-4-5-17-22-21-11(2)23(17)18(12)15(19)7-13/h6-9H,4-5H2,1-3H3. The molecule has 6 heteroatoms. The number of aromatic nitrogens is 4. The number of rotatable bonds is 2. The maximum absolute atomic E-state index is 6.65. The van der Waals surface area contributed by atoms with Gasteiger partial charge in [-0.05, 0) is 43.5 Å². The van der Waals surface area contributed by atoms with E-state index in [0.717, 1.165) is 52.6 Å². The van der Waals surface area contributed by atoms with Crippen molar-refractivity contribution >= 4 is 11.6 Å². The second-order valence-electron chi connectivity index (χ2n) is 5.98. The molecule has 0 N–H and O–H groups in total. The Kier molecular flexibility index (Phi) is 3.53. The second-order valence-corrected chi connectivity index (χ2v) is 6.39. The Morgan fingerprint density at radius 1 is 1.12 bits per heavy atom. The molecule has 1 aromatic carbocycles. The summed E-state index contributed by atoms with van der Waals surface area (Å²) in [5.74, 6) is 2.60. The van der Waals surface area contributed by atoms with E-state index in [1.807, 2.05) is 26.1 Å². The average molecular weight is 341 g/mol. The summed E-state index contributed by atoms with van der Waals surface area (Å²) < 4.78 is 7.44. The van der Waals surface area contributed by atoms with Crippen molar-refractivity contribution in [3.05, 3.63) is 52.3 Å². The highest BCUT2D eigenvalue weighted by atomic mass is 35.5. The fraction of sp³-hybridized carbons (Fsp3) is 0.278. The maximum Gasteiger partial charge on any atom is 0.140 e. The van der Waals surface area contributed by atoms with Crippen LogP contribution in [0.1, 0.15) is 22.8 Å². The van der Waals surface area contributed by atoms with E-state index in [2.05, 4.69) is 25.8 Å². The fourth-order valence-electron chi connectivity index (χ4n) is 3.36. The van der Waals surface area contributed by atoms with E-state index in [-0.39, 0.29) is 0 Å². The summed E-state index contributed by atoms with van der Waals surface area (Å²) in [5, 5.41) is 9.13. The van der Waals surface area contributed by atoms with E-state index < -0.39 is 0 Å². The number of halogens is 1. The number of hydrogen-bond donors (Lipinski definition) is 0. The van der Waals surface area contributed by atoms with Gasteiger partial charge in [0.15, 0.2) is 0 Å². The highest BCUT2D eigenvalue weighted by Gasteiger charge is 2.23. The van der Waals surface area contributed by atoms with Crippen LogP contribution in [0.4, 0.5) is 0 Å². The van der Waals surface area contributed by atoms with Gasteiger partial charge in [0.2, 0.25) is 0 Å². The Morgan fingerprint density at radius 3 is 2.75 bits per heavy atom. The van der Waals surface area contributed by atoms with Crippen LogP contribution < -0.4 is 4.74 Å². The van der Waals surface area contributed by atoms with Crippen molar-refractivity contribution in [3.63, 3.8) is 0 Å². The van der Waals surface area contributed by atoms with Crippen molar-refractivity contribution in [1.29, 1.82) is 0 Å². The Labute approximate surface area is 145 Å². The number of benzene rings is 1. The normalized spacial score (nSPS) is 12.7. The number of ether oxygens (including phenoxy) is 1. The number of aryl methyl sites for hydroxylation is 3. The first kappa shape index (κ1) is 15.1. The van der Waals surface area contributed by atoms with E-state index in [9.17, 15) is 0 Å². The lowest BCUT2D eigenvalue weighted by Crippen LogP contribution is -2.14. The molecule has 0 aliphatic carbocycles. The van der Waals surface area contributed by atoms with Gasteiger partial charge in [0.05, 0.1) is 24.0 Å². The zero-order valence-corrected chi connectivity index (χ0v) is 14.6. The Morgan fingerprint density at radius 2 is 1.96 bits per heavy atom. The van der Waals surface area contributed by atoms with Gasteiger partial charge in [-0.1, -0.05) is 11.6 Å². The summed E-state index contributed by atoms with van der Waals surface area (Å²) in [4.78, 5) is 4.28. The minimum atomic E-state index is 0.702. The van der Waals surface area contributed by atoms with Crippen molar-refractivity contribution in [1.82, 2.24) is 19.7 Å². The fourth-order valence-corrected chi connectivity index (χ4v) is 3.68. The molecule has 122 valence electrons. The Hall–Kier alpha value is -2.40. The lowest BCUT2D eigenvalue weighted by molar-refractivity contribution is 0.410. The first-order valence-corrected chi connectivity index (χ1v) is 8.20. The van der Waals surface area contributed by atoms with Crippen molar-refractivity contribution in [2.24, 2.45) is 0 Å². The molecule has 2 aromatic heterocycles. The molecule has 0 bridgehead atoms. The van der Waals surface area contributed by atoms with Crippen LogP contribution in [0.5, 0.6) is 5.75 Å². The molecule has 0 saturated carbocycles. The second kappa shape index (κ2) is 5.60. The van der Waals surface area contributed by atoms with Crippen LogP contribution in [0.2, 0.25) is 5.02 Å². The molecule has 1 aliphatic heterocycles. The molecule has 24 heavy (non-hydrogen) atoms. The van der Waals surface area contributed by atoms with Crippen LogP contribution in [0.25, 0.3) is 16.8 Å². The van der Waals surface area contributed by atoms with E-state index in [1.165, 1.54) is 5.56 Å². The smallest absolute Gasteiger partial charge is 0.140 e. The number of pyridine rings is 1. The SMILES string of the molecule is COc1cncc(-c2cc(Cl)c3c(c2)CCc2nnc(C)n2-3)c1C. The predicted octanol–water partition coefficient (Wildman–Crippen LogP) is 3.71. The molecule has 4 rings (SSSR count). The molecule has 0 unspecified atom stereocenters. The third kappa shape index (κ3) is 2.19. The van der Waals surface area contributed by atoms with Gasteiger partial charge in [-0.2, -0.15) is 0 Å². The average Bonchev–Trinajstić information content (AvgIpc) is 2.96. The van der Waals surface area contributed by atoms with Crippen LogP contribution in [0, 0.1) is 13.8 Å². The molecule has 3 heterocycles. The van der Waals surface area contributed by atoms with Gasteiger partial charge in [0.25, 0.3) is 0 Å². The van der Waals surface area contributed by atoms with Crippen LogP contribution in [-0.4, -0.2) is 26.9 Å². The predicted molar refractivity (Wildman–Crippen MR) is 93.0 cm³/mol. The van der Waals surface area contributed by atoms with E-state index in [1.54, 1.807) is 13.3 Å². The van der Waals surface area contributed by atoms with Crippen LogP contribution in [-0.2, 0) is 12.8 Å². The summed E-state index contributed by atoms with van der Waals surface area (Å²) in [6.07, 6.45) is 5.35. The summed E-state index contributed by atoms with van der Waals surface area (Å²) in [6.45, 7) is 3.98. The number of nitrogens with zero attached hydrogens (tertiary/aromatic N) is 4. The molecular weight excluding hydrogens is 324 g/mol. The summed E-state index contributed by atoms with van der Waals surface area (Å²) in [6, 6.07) is 4.17. The van der Waals surface area contributed by atoms with Gasteiger partial charge in [0, 0.05) is 23.7 Å². The van der Waals surface area contributed by atoms with Crippen molar-refractivity contribution in [2.75, 3.05) is 7.11 Å². The molecule has 0 spiro atoms. The molecule has 0 amide bonds. The van der Waals surface area contributed by atoms with Crippen molar-refractivity contribution in [2.45, 2.75) is 26.7 Å². The third-order valence-electron chi connectivity index (χ3n) is 4.58. The first-order chi connectivity index (χ1) is 11.6. The van der Waals surface area contributed by atoms with Gasteiger partial charge < -0.3 is 4.74 Å². The number of hydrogen-bond acceptors (Lipinski definition) is 4. The molecule has 5 nitrogen and oxygen atoms in total. The van der Waals surface area contributed by atoms with Crippen LogP contribution in [0.3, 0.4) is 0 Å². The summed E-state index contributed by atoms with van der Waals surface area (Å²) >= 11 is 6.65. The topological polar surface area (TPSA) is 52.8 Å². The van der Waals surface area contributed by atoms with Gasteiger partial charge in [-0.15, -0.1) is 10.2 Å². The zero-order valence-electron chi connectivity index (χ0n) is 13.8. The summed E-state index contributed by atoms with van der Waals surface area (Å²) in [5.41, 5.74) is 5.34. The largest absolute Gasteiger partial charge is 0.495 e. The Balaban J connectivity index is 1.91. The van der Waals surface area contributed by atoms with Gasteiger partial charge in [-0.3, -0.25) is 9.55 Å². The van der Waals surface area contributed by atoms with Gasteiger partial charge in [-0.25, -0.2) is 0 Å². The summed E-state index contributed by atoms with van der Waals surface area (Å²) in [7, 11) is 1.66. The third-order valence-corrected chi connectivity index (χ3v) is 4.86. The Bertz CT molecular complexity index is 948. The minimum Gasteiger partial charge on any atom is -0.495 e. The lowest BCUT2D eigenvalue weighted by Gasteiger charge is -2.22. The zero-order chi connectivity index (χ0) is 16.8. The highest BCUT2D eigenvalue weighted by Crippen LogP contribution is 2.37. The number of fused-ring (bicyclic) bond motifs is 3. The van der Waals surface area contributed by atoms with Crippen LogP contribution in [0.15, 0.2) is 24.5 Å². The quantitative estimate of drug-likeness (QED) is 0.713. The molecule has 0 atom stereocenters. The molecule has 3 aromatic rings. The lowest BCUT2D eigenvalue weighted by atomic mass is 9.95. The molecular formula is C18H17ClN4O. The van der Waals surface area contributed by atoms with Crippen LogP contribution >= 0.6 is 11.6 Å². The highest BCUT2D eigenvalue weighted by molar-refractivity contribution is 6.33. The molecule has 0 fully saturated rings. The van der Waals surface area contributed by atoms with Gasteiger partial charge in [0.1, 0.15) is 17.4 Å². The van der Waals surface area contributed by atoms with Gasteiger partial charge >= 0.3 is 0 Å². The minimum absolute atomic E-state index is 0.702. The maximum atomic E-state index is 6.65. The van der Waals surface area contributed by atoms with Crippen molar-refractivity contribution < 1.29 is 4.74 Å². The van der Waals surface area contributed by atoms with E-state index in [0.29, 0.717) is 5.02 Å². The monoisotopic (exact) mass is 340 g/mol. The number of methoxy groups -OCH3 is 1. The molecule has 0 radical (unpaired) electrons.